The highest BCUT2D eigenvalue weighted by Crippen LogP contribution is 2.58. The molecule has 80 heavy (non-hydrogen) atoms. The van der Waals surface area contributed by atoms with Gasteiger partial charge in [0.15, 0.2) is 0 Å². The lowest BCUT2D eigenvalue weighted by Gasteiger charge is -2.34. The molecule has 394 valence electrons. The number of nitrogens with zero attached hydrogens (tertiary/aromatic N) is 3. The fourth-order valence-electron chi connectivity index (χ4n) is 13.6. The molecule has 3 heterocycles. The first kappa shape index (κ1) is 49.9. The molecule has 0 radical (unpaired) electrons. The van der Waals surface area contributed by atoms with E-state index in [0.29, 0.717) is 0 Å². The van der Waals surface area contributed by atoms with Crippen molar-refractivity contribution in [2.75, 3.05) is 0 Å². The van der Waals surface area contributed by atoms with Crippen molar-refractivity contribution in [3.8, 4) is 28.2 Å². The monoisotopic (exact) mass is 1040 g/mol. The van der Waals surface area contributed by atoms with E-state index in [0.717, 1.165) is 17.1 Å². The predicted molar refractivity (Wildman–Crippen MR) is 342 cm³/mol. The molecule has 0 spiro atoms. The topological polar surface area (TPSA) is 14.8 Å². The molecule has 0 unspecified atom stereocenters. The summed E-state index contributed by atoms with van der Waals surface area (Å²) in [6, 6.07) is 81.9. The molecule has 0 bridgehead atoms. The molecule has 0 N–H and O–H groups in total. The van der Waals surface area contributed by atoms with Gasteiger partial charge in [-0.25, -0.2) is 0 Å². The molecule has 0 saturated heterocycles. The third kappa shape index (κ3) is 7.46. The second-order valence-electron chi connectivity index (χ2n) is 27.1. The van der Waals surface area contributed by atoms with Gasteiger partial charge >= 0.3 is 0 Å². The van der Waals surface area contributed by atoms with Gasteiger partial charge in [-0.3, -0.25) is 0 Å². The lowest BCUT2D eigenvalue weighted by Crippen LogP contribution is -2.28. The summed E-state index contributed by atoms with van der Waals surface area (Å²) in [5, 5.41) is 7.65. The number of hydrogen-bond acceptors (Lipinski definition) is 0. The Morgan fingerprint density at radius 3 is 1.00 bits per heavy atom. The molecule has 3 heteroatoms. The molecule has 0 saturated carbocycles. The maximum atomic E-state index is 2.53. The maximum Gasteiger partial charge on any atom is 0.0713 e. The van der Waals surface area contributed by atoms with Crippen LogP contribution in [0.25, 0.3) is 93.6 Å². The maximum absolute atomic E-state index is 2.53. The van der Waals surface area contributed by atoms with Gasteiger partial charge in [0.25, 0.3) is 0 Å². The highest BCUT2D eigenvalue weighted by atomic mass is 15.0. The van der Waals surface area contributed by atoms with Gasteiger partial charge in [-0.2, -0.15) is 0 Å². The Hall–Kier alpha value is -8.40. The minimum Gasteiger partial charge on any atom is -0.309 e. The second kappa shape index (κ2) is 17.3. The van der Waals surface area contributed by atoms with E-state index in [4.69, 9.17) is 0 Å². The third-order valence-electron chi connectivity index (χ3n) is 17.9. The van der Waals surface area contributed by atoms with Gasteiger partial charge in [-0.1, -0.05) is 192 Å². The van der Waals surface area contributed by atoms with Gasteiger partial charge in [-0.15, -0.1) is 0 Å². The Balaban J connectivity index is 1.08. The highest BCUT2D eigenvalue weighted by Gasteiger charge is 2.47. The Morgan fingerprint density at radius 2 is 0.588 bits per heavy atom. The van der Waals surface area contributed by atoms with Crippen LogP contribution < -0.4 is 0 Å². The molecule has 10 aromatic carbocycles. The molecule has 3 nitrogen and oxygen atoms in total. The molecule has 1 aliphatic rings. The van der Waals surface area contributed by atoms with Crippen molar-refractivity contribution in [2.24, 2.45) is 0 Å². The van der Waals surface area contributed by atoms with Gasteiger partial charge in [-0.05, 0) is 180 Å². The Bertz CT molecular complexity index is 4320. The summed E-state index contributed by atoms with van der Waals surface area (Å²) in [4.78, 5) is 0. The summed E-state index contributed by atoms with van der Waals surface area (Å²) in [7, 11) is 0. The second-order valence-corrected chi connectivity index (χ2v) is 27.1. The summed E-state index contributed by atoms with van der Waals surface area (Å²) in [5.74, 6) is 0. The molecule has 0 amide bonds. The predicted octanol–water partition coefficient (Wildman–Crippen LogP) is 20.5. The van der Waals surface area contributed by atoms with Crippen molar-refractivity contribution in [2.45, 2.75) is 110 Å². The largest absolute Gasteiger partial charge is 0.309 e. The number of para-hydroxylation sites is 2. The van der Waals surface area contributed by atoms with Crippen LogP contribution in [0.5, 0.6) is 0 Å². The molecular formula is C77H71N3. The molecule has 3 aromatic heterocycles. The van der Waals surface area contributed by atoms with E-state index in [1.807, 2.05) is 0 Å². The van der Waals surface area contributed by atoms with Gasteiger partial charge in [0.2, 0.25) is 0 Å². The molecule has 13 aromatic rings. The summed E-state index contributed by atoms with van der Waals surface area (Å²) in [6.45, 7) is 27.9. The van der Waals surface area contributed by atoms with E-state index >= 15 is 0 Å². The zero-order valence-corrected chi connectivity index (χ0v) is 48.5. The van der Waals surface area contributed by atoms with E-state index in [-0.39, 0.29) is 21.7 Å². The number of aromatic nitrogens is 3. The summed E-state index contributed by atoms with van der Waals surface area (Å²) in [5.41, 5.74) is 23.0. The van der Waals surface area contributed by atoms with Crippen LogP contribution in [-0.2, 0) is 27.1 Å². The van der Waals surface area contributed by atoms with Crippen LogP contribution in [0.3, 0.4) is 0 Å². The summed E-state index contributed by atoms with van der Waals surface area (Å²) >= 11 is 0. The lowest BCUT2D eigenvalue weighted by atomic mass is 9.67. The van der Waals surface area contributed by atoms with Crippen LogP contribution in [0.1, 0.15) is 128 Å². The van der Waals surface area contributed by atoms with Crippen molar-refractivity contribution in [3.63, 3.8) is 0 Å². The van der Waals surface area contributed by atoms with Crippen LogP contribution >= 0.6 is 0 Å². The minimum absolute atomic E-state index is 0.000391. The average molecular weight is 1040 g/mol. The normalized spacial score (nSPS) is 13.8. The van der Waals surface area contributed by atoms with Crippen LogP contribution in [-0.4, -0.2) is 13.7 Å². The van der Waals surface area contributed by atoms with Crippen LogP contribution in [0.2, 0.25) is 0 Å². The van der Waals surface area contributed by atoms with Crippen molar-refractivity contribution in [1.29, 1.82) is 0 Å². The van der Waals surface area contributed by atoms with Gasteiger partial charge < -0.3 is 13.7 Å². The zero-order chi connectivity index (χ0) is 55.4. The molecule has 0 fully saturated rings. The molecule has 1 aliphatic carbocycles. The smallest absolute Gasteiger partial charge is 0.0713 e. The van der Waals surface area contributed by atoms with Crippen molar-refractivity contribution >= 4 is 65.4 Å². The molecule has 0 atom stereocenters. The fourth-order valence-corrected chi connectivity index (χ4v) is 13.6. The molecular weight excluding hydrogens is 967 g/mol. The molecule has 0 aliphatic heterocycles. The first-order chi connectivity index (χ1) is 38.2. The van der Waals surface area contributed by atoms with Gasteiger partial charge in [0.1, 0.15) is 0 Å². The van der Waals surface area contributed by atoms with E-state index < -0.39 is 5.41 Å². The Labute approximate surface area is 471 Å². The first-order valence-corrected chi connectivity index (χ1v) is 28.8. The fraction of sp³-hybridized carbons (Fsp3) is 0.221. The highest BCUT2D eigenvalue weighted by molar-refractivity contribution is 6.12. The first-order valence-electron chi connectivity index (χ1n) is 28.8. The SMILES string of the molecule is CC(C)(C)c1ccc2c(c1)c1cc(C(C)(C)C)ccc1n2-c1ccc2c(c1)-c1cc(-n3c4ccc(C(C)(C)C)cc4c4cc(C(C)(C)C)ccc43)ccc1C2(c1ccccc1)c1ccc2c(c1)c1ccccc1n2-c1ccccc1. The van der Waals surface area contributed by atoms with Crippen molar-refractivity contribution < 1.29 is 0 Å². The Kier molecular flexibility index (Phi) is 10.8. The summed E-state index contributed by atoms with van der Waals surface area (Å²) < 4.78 is 7.50. The summed E-state index contributed by atoms with van der Waals surface area (Å²) in [6.07, 6.45) is 0. The Morgan fingerprint density at radius 1 is 0.250 bits per heavy atom. The quantitative estimate of drug-likeness (QED) is 0.163. The van der Waals surface area contributed by atoms with Gasteiger partial charge in [0, 0.05) is 49.4 Å². The van der Waals surface area contributed by atoms with Crippen LogP contribution in [0.15, 0.2) is 212 Å². The zero-order valence-electron chi connectivity index (χ0n) is 48.5. The van der Waals surface area contributed by atoms with Crippen LogP contribution in [0, 0.1) is 0 Å². The van der Waals surface area contributed by atoms with E-state index in [1.54, 1.807) is 0 Å². The van der Waals surface area contributed by atoms with Crippen molar-refractivity contribution in [3.05, 3.63) is 257 Å². The number of rotatable bonds is 5. The molecule has 14 rings (SSSR count). The third-order valence-corrected chi connectivity index (χ3v) is 17.9. The number of benzene rings is 10. The lowest BCUT2D eigenvalue weighted by molar-refractivity contribution is 0.590. The minimum atomic E-state index is -0.665. The number of hydrogen-bond donors (Lipinski definition) is 0. The van der Waals surface area contributed by atoms with Crippen molar-refractivity contribution in [1.82, 2.24) is 13.7 Å². The van der Waals surface area contributed by atoms with E-state index in [2.05, 4.69) is 309 Å². The van der Waals surface area contributed by atoms with E-state index in [1.165, 1.54) is 121 Å². The van der Waals surface area contributed by atoms with Crippen LogP contribution in [0.4, 0.5) is 0 Å². The standard InChI is InChI=1S/C77H71N3/c1-73(2,3)49-27-36-69-61(41-49)62-42-50(74(4,5)6)28-37-70(62)79(69)55-32-34-65-58(46-55)59-47-56(80-71-38-29-51(75(7,8)9)43-63(71)64-44-52(76(10,11)12)30-39-72(64)80)33-35-66(59)77(65,48-21-15-13-16-22-48)53-31-40-68-60(45-53)57-25-19-20-26-67(57)78(68)54-23-17-14-18-24-54/h13-47H,1-12H3. The van der Waals surface area contributed by atoms with Gasteiger partial charge in [0.05, 0.1) is 38.5 Å². The number of fused-ring (bicyclic) bond motifs is 12. The average Bonchev–Trinajstić information content (AvgIpc) is 4.26. The van der Waals surface area contributed by atoms with E-state index in [9.17, 15) is 0 Å².